The lowest BCUT2D eigenvalue weighted by Crippen LogP contribution is -2.12. The van der Waals surface area contributed by atoms with Crippen molar-refractivity contribution in [3.63, 3.8) is 0 Å². The fourth-order valence-corrected chi connectivity index (χ4v) is 1.82. The molecule has 106 valence electrons. The second-order valence-electron chi connectivity index (χ2n) is 4.26. The number of anilines is 1. The Bertz CT molecular complexity index is 576. The molecule has 2 aromatic rings. The van der Waals surface area contributed by atoms with Crippen LogP contribution in [0, 0.1) is 23.3 Å². The highest BCUT2D eigenvalue weighted by Gasteiger charge is 2.15. The summed E-state index contributed by atoms with van der Waals surface area (Å²) in [6.45, 7) is 1.83. The van der Waals surface area contributed by atoms with E-state index in [-0.39, 0.29) is 11.7 Å². The number of aromatic nitrogens is 1. The van der Waals surface area contributed by atoms with Crippen molar-refractivity contribution in [3.05, 3.63) is 59.4 Å². The third-order valence-corrected chi connectivity index (χ3v) is 2.84. The van der Waals surface area contributed by atoms with Crippen LogP contribution in [0.1, 0.15) is 25.1 Å². The zero-order valence-corrected chi connectivity index (χ0v) is 10.6. The molecule has 20 heavy (non-hydrogen) atoms. The second kappa shape index (κ2) is 5.90. The van der Waals surface area contributed by atoms with E-state index in [9.17, 15) is 17.6 Å². The van der Waals surface area contributed by atoms with E-state index < -0.39 is 23.3 Å². The fraction of sp³-hybridized carbons (Fsp3) is 0.214. The number of hydrogen-bond donors (Lipinski definition) is 1. The van der Waals surface area contributed by atoms with Crippen LogP contribution < -0.4 is 5.32 Å². The van der Waals surface area contributed by atoms with E-state index in [1.807, 2.05) is 6.92 Å². The highest BCUT2D eigenvalue weighted by atomic mass is 19.2. The van der Waals surface area contributed by atoms with Crippen molar-refractivity contribution in [2.75, 3.05) is 5.32 Å². The van der Waals surface area contributed by atoms with Crippen molar-refractivity contribution >= 4 is 5.69 Å². The first-order chi connectivity index (χ1) is 9.51. The van der Waals surface area contributed by atoms with Gasteiger partial charge in [-0.2, -0.15) is 0 Å². The molecule has 0 spiro atoms. The Morgan fingerprint density at radius 2 is 1.75 bits per heavy atom. The molecular weight excluding hydrogens is 272 g/mol. The molecule has 1 unspecified atom stereocenters. The van der Waals surface area contributed by atoms with Crippen LogP contribution in [0.25, 0.3) is 0 Å². The van der Waals surface area contributed by atoms with Gasteiger partial charge in [0, 0.05) is 17.8 Å². The molecule has 0 aliphatic rings. The zero-order chi connectivity index (χ0) is 14.7. The summed E-state index contributed by atoms with van der Waals surface area (Å²) in [4.78, 5) is 3.91. The number of nitrogens with one attached hydrogen (secondary N) is 1. The molecule has 0 radical (unpaired) electrons. The number of halogens is 4. The van der Waals surface area contributed by atoms with E-state index in [0.29, 0.717) is 12.1 Å². The third-order valence-electron chi connectivity index (χ3n) is 2.84. The van der Waals surface area contributed by atoms with Gasteiger partial charge in [0.05, 0.1) is 17.9 Å². The standard InChI is InChI=1S/C14H12F4N2/c1-2-12(13-4-3-8(15)7-19-13)20-9-5-10(16)14(18)11(17)6-9/h3-7,12,20H,2H2,1H3. The minimum Gasteiger partial charge on any atom is -0.377 e. The minimum absolute atomic E-state index is 0.0966. The highest BCUT2D eigenvalue weighted by Crippen LogP contribution is 2.24. The van der Waals surface area contributed by atoms with Crippen LogP contribution in [0.5, 0.6) is 0 Å². The quantitative estimate of drug-likeness (QED) is 0.672. The molecule has 2 nitrogen and oxygen atoms in total. The Balaban J connectivity index is 2.24. The van der Waals surface area contributed by atoms with Gasteiger partial charge >= 0.3 is 0 Å². The summed E-state index contributed by atoms with van der Waals surface area (Å²) in [6.07, 6.45) is 1.62. The first-order valence-corrected chi connectivity index (χ1v) is 6.03. The van der Waals surface area contributed by atoms with Gasteiger partial charge in [-0.1, -0.05) is 6.92 Å². The first-order valence-electron chi connectivity index (χ1n) is 6.03. The maximum Gasteiger partial charge on any atom is 0.194 e. The van der Waals surface area contributed by atoms with E-state index in [0.717, 1.165) is 18.3 Å². The van der Waals surface area contributed by atoms with Gasteiger partial charge in [-0.3, -0.25) is 4.98 Å². The van der Waals surface area contributed by atoms with Crippen molar-refractivity contribution < 1.29 is 17.6 Å². The van der Waals surface area contributed by atoms with E-state index in [1.165, 1.54) is 12.1 Å². The maximum atomic E-state index is 13.1. The summed E-state index contributed by atoms with van der Waals surface area (Å²) in [7, 11) is 0. The van der Waals surface area contributed by atoms with Crippen molar-refractivity contribution in [1.82, 2.24) is 4.98 Å². The van der Waals surface area contributed by atoms with Crippen LogP contribution in [0.15, 0.2) is 30.5 Å². The average molecular weight is 284 g/mol. The number of benzene rings is 1. The van der Waals surface area contributed by atoms with E-state index in [2.05, 4.69) is 10.3 Å². The molecule has 0 bridgehead atoms. The van der Waals surface area contributed by atoms with Gasteiger partial charge in [0.15, 0.2) is 17.5 Å². The lowest BCUT2D eigenvalue weighted by molar-refractivity contribution is 0.447. The van der Waals surface area contributed by atoms with Crippen LogP contribution in [0.3, 0.4) is 0 Å². The van der Waals surface area contributed by atoms with E-state index in [4.69, 9.17) is 0 Å². The second-order valence-corrected chi connectivity index (χ2v) is 4.26. The lowest BCUT2D eigenvalue weighted by Gasteiger charge is -2.18. The van der Waals surface area contributed by atoms with Gasteiger partial charge < -0.3 is 5.32 Å². The van der Waals surface area contributed by atoms with Gasteiger partial charge in [-0.25, -0.2) is 17.6 Å². The average Bonchev–Trinajstić information content (AvgIpc) is 2.43. The molecule has 1 heterocycles. The van der Waals surface area contributed by atoms with Gasteiger partial charge in [0.2, 0.25) is 0 Å². The summed E-state index contributed by atoms with van der Waals surface area (Å²) in [5.41, 5.74) is 0.624. The molecular formula is C14H12F4N2. The van der Waals surface area contributed by atoms with Gasteiger partial charge in [-0.05, 0) is 18.6 Å². The summed E-state index contributed by atoms with van der Waals surface area (Å²) in [5, 5.41) is 2.84. The predicted molar refractivity (Wildman–Crippen MR) is 67.2 cm³/mol. The minimum atomic E-state index is -1.51. The molecule has 1 N–H and O–H groups in total. The topological polar surface area (TPSA) is 24.9 Å². The molecule has 0 amide bonds. The normalized spacial score (nSPS) is 12.2. The molecule has 1 atom stereocenters. The molecule has 0 aliphatic heterocycles. The van der Waals surface area contributed by atoms with Crippen molar-refractivity contribution in [3.8, 4) is 0 Å². The van der Waals surface area contributed by atoms with Crippen molar-refractivity contribution in [2.24, 2.45) is 0 Å². The molecule has 0 saturated heterocycles. The monoisotopic (exact) mass is 284 g/mol. The SMILES string of the molecule is CCC(Nc1cc(F)c(F)c(F)c1)c1ccc(F)cn1. The maximum absolute atomic E-state index is 13.1. The first kappa shape index (κ1) is 14.3. The number of pyridine rings is 1. The molecule has 6 heteroatoms. The fourth-order valence-electron chi connectivity index (χ4n) is 1.82. The van der Waals surface area contributed by atoms with Gasteiger partial charge in [0.25, 0.3) is 0 Å². The van der Waals surface area contributed by atoms with Gasteiger partial charge in [0.1, 0.15) is 5.82 Å². The van der Waals surface area contributed by atoms with Crippen LogP contribution in [0.4, 0.5) is 23.2 Å². The summed E-state index contributed by atoms with van der Waals surface area (Å²) < 4.78 is 51.9. The van der Waals surface area contributed by atoms with Crippen LogP contribution >= 0.6 is 0 Å². The van der Waals surface area contributed by atoms with E-state index >= 15 is 0 Å². The Labute approximate surface area is 113 Å². The molecule has 2 rings (SSSR count). The number of hydrogen-bond acceptors (Lipinski definition) is 2. The smallest absolute Gasteiger partial charge is 0.194 e. The third kappa shape index (κ3) is 3.07. The lowest BCUT2D eigenvalue weighted by atomic mass is 10.1. The Morgan fingerprint density at radius 1 is 1.10 bits per heavy atom. The number of nitrogens with zero attached hydrogens (tertiary/aromatic N) is 1. The highest BCUT2D eigenvalue weighted by molar-refractivity contribution is 5.46. The van der Waals surface area contributed by atoms with Crippen LogP contribution in [0.2, 0.25) is 0 Å². The summed E-state index contributed by atoms with van der Waals surface area (Å²) in [5.74, 6) is -4.52. The molecule has 1 aromatic heterocycles. The summed E-state index contributed by atoms with van der Waals surface area (Å²) >= 11 is 0. The number of rotatable bonds is 4. The van der Waals surface area contributed by atoms with Crippen molar-refractivity contribution in [2.45, 2.75) is 19.4 Å². The largest absolute Gasteiger partial charge is 0.377 e. The predicted octanol–water partition coefficient (Wildman–Crippen LogP) is 4.20. The van der Waals surface area contributed by atoms with E-state index in [1.54, 1.807) is 0 Å². The van der Waals surface area contributed by atoms with Crippen molar-refractivity contribution in [1.29, 1.82) is 0 Å². The molecule has 0 saturated carbocycles. The summed E-state index contributed by atoms with van der Waals surface area (Å²) in [6, 6.07) is 4.10. The van der Waals surface area contributed by atoms with Crippen LogP contribution in [-0.4, -0.2) is 4.98 Å². The van der Waals surface area contributed by atoms with Crippen LogP contribution in [-0.2, 0) is 0 Å². The zero-order valence-electron chi connectivity index (χ0n) is 10.6. The Kier molecular flexibility index (Phi) is 4.22. The molecule has 0 fully saturated rings. The van der Waals surface area contributed by atoms with Gasteiger partial charge in [-0.15, -0.1) is 0 Å². The molecule has 1 aromatic carbocycles. The Hall–Kier alpha value is -2.11. The Morgan fingerprint density at radius 3 is 2.25 bits per heavy atom. The molecule has 0 aliphatic carbocycles.